The first-order valence-corrected chi connectivity index (χ1v) is 9.08. The number of morpholine rings is 1. The van der Waals surface area contributed by atoms with Crippen LogP contribution >= 0.6 is 0 Å². The van der Waals surface area contributed by atoms with E-state index in [4.69, 9.17) is 13.9 Å². The molecular weight excluding hydrogens is 334 g/mol. The quantitative estimate of drug-likeness (QED) is 0.840. The first-order valence-electron chi connectivity index (χ1n) is 9.08. The van der Waals surface area contributed by atoms with Crippen molar-refractivity contribution in [1.29, 1.82) is 0 Å². The van der Waals surface area contributed by atoms with Gasteiger partial charge in [-0.25, -0.2) is 0 Å². The lowest BCUT2D eigenvalue weighted by Crippen LogP contribution is -2.46. The maximum absolute atomic E-state index is 13.4. The Morgan fingerprint density at radius 2 is 2.08 bits per heavy atom. The summed E-state index contributed by atoms with van der Waals surface area (Å²) < 4.78 is 17.1. The summed E-state index contributed by atoms with van der Waals surface area (Å²) >= 11 is 0. The number of rotatable bonds is 3. The number of benzene rings is 1. The van der Waals surface area contributed by atoms with Gasteiger partial charge in [0, 0.05) is 18.0 Å². The van der Waals surface area contributed by atoms with Crippen molar-refractivity contribution >= 4 is 5.91 Å². The van der Waals surface area contributed by atoms with E-state index in [0.717, 1.165) is 11.3 Å². The van der Waals surface area contributed by atoms with Gasteiger partial charge in [-0.2, -0.15) is 0 Å². The highest BCUT2D eigenvalue weighted by Gasteiger charge is 2.38. The number of nitrogens with zero attached hydrogens (tertiary/aromatic N) is 3. The number of hydrogen-bond acceptors (Lipinski definition) is 6. The molecule has 2 atom stereocenters. The van der Waals surface area contributed by atoms with Crippen LogP contribution in [0.3, 0.4) is 0 Å². The SMILES string of the molecule is CC(C)c1nnc(C2COCCN2C(=O)C2CCOc3ccccc32)o1. The zero-order valence-electron chi connectivity index (χ0n) is 15.1. The van der Waals surface area contributed by atoms with Gasteiger partial charge in [0.15, 0.2) is 0 Å². The predicted molar refractivity (Wildman–Crippen MR) is 93.0 cm³/mol. The molecule has 1 saturated heterocycles. The monoisotopic (exact) mass is 357 g/mol. The summed E-state index contributed by atoms with van der Waals surface area (Å²) in [5.41, 5.74) is 0.947. The average Bonchev–Trinajstić information content (AvgIpc) is 3.17. The van der Waals surface area contributed by atoms with Crippen molar-refractivity contribution < 1.29 is 18.7 Å². The molecule has 2 aromatic rings. The van der Waals surface area contributed by atoms with Crippen LogP contribution in [-0.2, 0) is 9.53 Å². The van der Waals surface area contributed by atoms with E-state index < -0.39 is 0 Å². The first kappa shape index (κ1) is 17.0. The van der Waals surface area contributed by atoms with Crippen molar-refractivity contribution in [3.05, 3.63) is 41.6 Å². The smallest absolute Gasteiger partial charge is 0.241 e. The number of aromatic nitrogens is 2. The van der Waals surface area contributed by atoms with E-state index in [-0.39, 0.29) is 23.8 Å². The van der Waals surface area contributed by atoms with Gasteiger partial charge in [0.25, 0.3) is 0 Å². The molecule has 4 rings (SSSR count). The van der Waals surface area contributed by atoms with Gasteiger partial charge in [-0.05, 0) is 12.5 Å². The minimum atomic E-state index is -0.341. The van der Waals surface area contributed by atoms with Gasteiger partial charge in [-0.3, -0.25) is 4.79 Å². The van der Waals surface area contributed by atoms with Crippen LogP contribution in [0.2, 0.25) is 0 Å². The molecule has 0 bridgehead atoms. The Labute approximate surface area is 152 Å². The van der Waals surface area contributed by atoms with Gasteiger partial charge in [0.05, 0.1) is 25.7 Å². The molecular formula is C19H23N3O4. The van der Waals surface area contributed by atoms with Crippen molar-refractivity contribution in [3.8, 4) is 5.75 Å². The summed E-state index contributed by atoms with van der Waals surface area (Å²) in [7, 11) is 0. The Hall–Kier alpha value is -2.41. The minimum absolute atomic E-state index is 0.0679. The summed E-state index contributed by atoms with van der Waals surface area (Å²) in [4.78, 5) is 15.2. The van der Waals surface area contributed by atoms with E-state index in [2.05, 4.69) is 10.2 Å². The van der Waals surface area contributed by atoms with E-state index in [1.807, 2.05) is 43.0 Å². The van der Waals surface area contributed by atoms with Crippen molar-refractivity contribution in [3.63, 3.8) is 0 Å². The summed E-state index contributed by atoms with van der Waals surface area (Å²) in [5.74, 6) is 1.82. The zero-order valence-corrected chi connectivity index (χ0v) is 15.1. The van der Waals surface area contributed by atoms with E-state index >= 15 is 0 Å². The van der Waals surface area contributed by atoms with Crippen LogP contribution in [-0.4, -0.2) is 47.4 Å². The minimum Gasteiger partial charge on any atom is -0.493 e. The molecule has 0 aliphatic carbocycles. The van der Waals surface area contributed by atoms with Crippen LogP contribution in [0.5, 0.6) is 5.75 Å². The normalized spacial score (nSPS) is 22.8. The molecule has 7 nitrogen and oxygen atoms in total. The van der Waals surface area contributed by atoms with Gasteiger partial charge in [-0.1, -0.05) is 32.0 Å². The lowest BCUT2D eigenvalue weighted by Gasteiger charge is -2.37. The van der Waals surface area contributed by atoms with Gasteiger partial charge in [0.1, 0.15) is 11.8 Å². The molecule has 0 spiro atoms. The van der Waals surface area contributed by atoms with Crippen LogP contribution in [0.4, 0.5) is 0 Å². The highest BCUT2D eigenvalue weighted by molar-refractivity contribution is 5.85. The standard InChI is InChI=1S/C19H23N3O4/c1-12(2)17-20-21-18(26-17)15-11-24-10-8-22(15)19(23)14-7-9-25-16-6-4-3-5-13(14)16/h3-6,12,14-15H,7-11H2,1-2H3. The molecule has 2 unspecified atom stereocenters. The highest BCUT2D eigenvalue weighted by Crippen LogP contribution is 2.37. The van der Waals surface area contributed by atoms with E-state index in [1.54, 1.807) is 0 Å². The number of carbonyl (C=O) groups excluding carboxylic acids is 1. The second kappa shape index (κ2) is 7.07. The van der Waals surface area contributed by atoms with E-state index in [9.17, 15) is 4.79 Å². The van der Waals surface area contributed by atoms with Crippen molar-refractivity contribution in [2.24, 2.45) is 0 Å². The number of fused-ring (bicyclic) bond motifs is 1. The van der Waals surface area contributed by atoms with Gasteiger partial charge >= 0.3 is 0 Å². The second-order valence-electron chi connectivity index (χ2n) is 6.98. The Kier molecular flexibility index (Phi) is 4.63. The van der Waals surface area contributed by atoms with E-state index in [1.165, 1.54) is 0 Å². The van der Waals surface area contributed by atoms with Crippen LogP contribution in [0.25, 0.3) is 0 Å². The third-order valence-corrected chi connectivity index (χ3v) is 4.90. The number of carbonyl (C=O) groups is 1. The molecule has 3 heterocycles. The second-order valence-corrected chi connectivity index (χ2v) is 6.98. The molecule has 7 heteroatoms. The molecule has 0 N–H and O–H groups in total. The predicted octanol–water partition coefficient (Wildman–Crippen LogP) is 2.66. The van der Waals surface area contributed by atoms with Gasteiger partial charge in [-0.15, -0.1) is 10.2 Å². The summed E-state index contributed by atoms with van der Waals surface area (Å²) in [5, 5.41) is 8.27. The molecule has 1 aromatic carbocycles. The lowest BCUT2D eigenvalue weighted by atomic mass is 9.91. The fourth-order valence-electron chi connectivity index (χ4n) is 3.49. The largest absolute Gasteiger partial charge is 0.493 e. The number of amides is 1. The number of hydrogen-bond donors (Lipinski definition) is 0. The Bertz CT molecular complexity index is 789. The highest BCUT2D eigenvalue weighted by atomic mass is 16.5. The maximum Gasteiger partial charge on any atom is 0.241 e. The van der Waals surface area contributed by atoms with Crippen LogP contribution in [0.1, 0.15) is 55.5 Å². The zero-order chi connectivity index (χ0) is 18.1. The fourth-order valence-corrected chi connectivity index (χ4v) is 3.49. The Balaban J connectivity index is 1.61. The number of ether oxygens (including phenoxy) is 2. The van der Waals surface area contributed by atoms with Crippen LogP contribution in [0.15, 0.2) is 28.7 Å². The van der Waals surface area contributed by atoms with Crippen molar-refractivity contribution in [1.82, 2.24) is 15.1 Å². The molecule has 2 aliphatic heterocycles. The van der Waals surface area contributed by atoms with Crippen LogP contribution < -0.4 is 4.74 Å². The van der Waals surface area contributed by atoms with Crippen molar-refractivity contribution in [2.45, 2.75) is 38.1 Å². The molecule has 1 aromatic heterocycles. The molecule has 1 amide bonds. The molecule has 0 saturated carbocycles. The molecule has 2 aliphatic rings. The summed E-state index contributed by atoms with van der Waals surface area (Å²) in [6, 6.07) is 7.41. The molecule has 0 radical (unpaired) electrons. The third kappa shape index (κ3) is 3.07. The third-order valence-electron chi connectivity index (χ3n) is 4.90. The van der Waals surface area contributed by atoms with Crippen LogP contribution in [0, 0.1) is 0 Å². The molecule has 1 fully saturated rings. The maximum atomic E-state index is 13.4. The van der Waals surface area contributed by atoms with Gasteiger partial charge in [0.2, 0.25) is 17.7 Å². The van der Waals surface area contributed by atoms with E-state index in [0.29, 0.717) is 44.6 Å². The topological polar surface area (TPSA) is 77.7 Å². The Morgan fingerprint density at radius 1 is 1.23 bits per heavy atom. The summed E-state index contributed by atoms with van der Waals surface area (Å²) in [6.45, 7) is 5.94. The fraction of sp³-hybridized carbons (Fsp3) is 0.526. The molecule has 138 valence electrons. The first-order chi connectivity index (χ1) is 12.6. The Morgan fingerprint density at radius 3 is 2.88 bits per heavy atom. The van der Waals surface area contributed by atoms with Crippen molar-refractivity contribution in [2.75, 3.05) is 26.4 Å². The summed E-state index contributed by atoms with van der Waals surface area (Å²) in [6.07, 6.45) is 0.668. The molecule has 26 heavy (non-hydrogen) atoms. The average molecular weight is 357 g/mol. The van der Waals surface area contributed by atoms with Gasteiger partial charge < -0.3 is 18.8 Å². The lowest BCUT2D eigenvalue weighted by molar-refractivity contribution is -0.143. The number of para-hydroxylation sites is 1.